The molecule has 3 nitrogen and oxygen atoms in total. The molecule has 0 amide bonds. The summed E-state index contributed by atoms with van der Waals surface area (Å²) in [6.07, 6.45) is 2.22. The predicted octanol–water partition coefficient (Wildman–Crippen LogP) is 3.39. The Labute approximate surface area is 110 Å². The molecular formula is C10H24O3S2Si. The van der Waals surface area contributed by atoms with E-state index in [1.165, 1.54) is 0 Å². The minimum Gasteiger partial charge on any atom is -0.374 e. The first kappa shape index (κ1) is 16.8. The zero-order valence-corrected chi connectivity index (χ0v) is 13.2. The number of unbranched alkanes of at least 4 members (excludes halogenated alkanes) is 1. The second-order valence-electron chi connectivity index (χ2n) is 3.27. The summed E-state index contributed by atoms with van der Waals surface area (Å²) in [6.45, 7) is 7.95. The molecule has 0 heterocycles. The van der Waals surface area contributed by atoms with Gasteiger partial charge in [-0.15, -0.1) is 11.7 Å². The van der Waals surface area contributed by atoms with Gasteiger partial charge in [-0.05, 0) is 33.6 Å². The van der Waals surface area contributed by atoms with Gasteiger partial charge in [0.2, 0.25) is 0 Å². The van der Waals surface area contributed by atoms with Gasteiger partial charge in [0.25, 0.3) is 0 Å². The molecule has 0 rings (SSSR count). The minimum atomic E-state index is -2.38. The maximum absolute atomic E-state index is 5.76. The van der Waals surface area contributed by atoms with Crippen LogP contribution < -0.4 is 0 Å². The summed E-state index contributed by atoms with van der Waals surface area (Å²) in [4.78, 5) is 0. The topological polar surface area (TPSA) is 27.7 Å². The highest BCUT2D eigenvalue weighted by Gasteiger charge is 2.39. The van der Waals surface area contributed by atoms with Crippen molar-refractivity contribution in [2.75, 3.05) is 25.6 Å². The van der Waals surface area contributed by atoms with Gasteiger partial charge in [0.05, 0.1) is 0 Å². The average molecular weight is 285 g/mol. The first-order valence-corrected chi connectivity index (χ1v) is 9.89. The molecule has 0 unspecified atom stereocenters. The van der Waals surface area contributed by atoms with Crippen molar-refractivity contribution in [2.45, 2.75) is 39.7 Å². The monoisotopic (exact) mass is 284 g/mol. The Kier molecular flexibility index (Phi) is 11.5. The number of thiol groups is 1. The van der Waals surface area contributed by atoms with Crippen molar-refractivity contribution >= 4 is 31.3 Å². The molecule has 0 aliphatic heterocycles. The van der Waals surface area contributed by atoms with Gasteiger partial charge in [-0.25, -0.2) is 0 Å². The highest BCUT2D eigenvalue weighted by molar-refractivity contribution is 8.68. The van der Waals surface area contributed by atoms with E-state index in [4.69, 9.17) is 13.3 Å². The van der Waals surface area contributed by atoms with Crippen LogP contribution in [0.25, 0.3) is 0 Å². The molecule has 0 bridgehead atoms. The normalized spacial score (nSPS) is 12.0. The molecule has 0 aromatic heterocycles. The first-order chi connectivity index (χ1) is 7.74. The summed E-state index contributed by atoms with van der Waals surface area (Å²) in [5.41, 5.74) is 0. The fourth-order valence-electron chi connectivity index (χ4n) is 1.51. The summed E-state index contributed by atoms with van der Waals surface area (Å²) >= 11 is 4.12. The Balaban J connectivity index is 4.12. The van der Waals surface area contributed by atoms with Gasteiger partial charge in [0.1, 0.15) is 0 Å². The fourth-order valence-corrected chi connectivity index (χ4v) is 4.92. The van der Waals surface area contributed by atoms with E-state index in [-0.39, 0.29) is 0 Å². The molecule has 0 aliphatic carbocycles. The Hall–Kier alpha value is 0.797. The Morgan fingerprint density at radius 1 is 0.938 bits per heavy atom. The molecule has 0 saturated carbocycles. The van der Waals surface area contributed by atoms with Gasteiger partial charge in [0, 0.05) is 31.6 Å². The third-order valence-electron chi connectivity index (χ3n) is 2.06. The zero-order valence-electron chi connectivity index (χ0n) is 10.5. The van der Waals surface area contributed by atoms with Gasteiger partial charge < -0.3 is 13.3 Å². The van der Waals surface area contributed by atoms with Crippen LogP contribution in [-0.2, 0) is 13.3 Å². The van der Waals surface area contributed by atoms with Gasteiger partial charge in [0.15, 0.2) is 0 Å². The van der Waals surface area contributed by atoms with E-state index < -0.39 is 8.80 Å². The molecule has 0 fully saturated rings. The standard InChI is InChI=1S/C10H24O3S2Si/c1-4-11-16(12-5-2,13-6-3)10-8-7-9-15-14/h14H,4-10H2,1-3H3. The lowest BCUT2D eigenvalue weighted by molar-refractivity contribution is 0.0708. The second-order valence-corrected chi connectivity index (χ2v) is 7.45. The molecular weight excluding hydrogens is 260 g/mol. The molecule has 16 heavy (non-hydrogen) atoms. The maximum Gasteiger partial charge on any atom is 0.500 e. The molecule has 0 N–H and O–H groups in total. The zero-order chi connectivity index (χ0) is 12.3. The molecule has 0 aromatic carbocycles. The quantitative estimate of drug-likeness (QED) is 0.272. The molecule has 6 heteroatoms. The highest BCUT2D eigenvalue weighted by atomic mass is 33.1. The predicted molar refractivity (Wildman–Crippen MR) is 76.1 cm³/mol. The molecule has 0 saturated heterocycles. The lowest BCUT2D eigenvalue weighted by Gasteiger charge is -2.28. The summed E-state index contributed by atoms with van der Waals surface area (Å²) in [6, 6.07) is 0.914. The van der Waals surface area contributed by atoms with Crippen LogP contribution in [0.15, 0.2) is 0 Å². The van der Waals surface area contributed by atoms with Crippen LogP contribution in [0.2, 0.25) is 6.04 Å². The fraction of sp³-hybridized carbons (Fsp3) is 1.00. The van der Waals surface area contributed by atoms with E-state index in [1.54, 1.807) is 10.8 Å². The van der Waals surface area contributed by atoms with Crippen LogP contribution in [0.3, 0.4) is 0 Å². The van der Waals surface area contributed by atoms with Crippen molar-refractivity contribution in [3.63, 3.8) is 0 Å². The van der Waals surface area contributed by atoms with Gasteiger partial charge in [-0.2, -0.15) is 0 Å². The largest absolute Gasteiger partial charge is 0.500 e. The van der Waals surface area contributed by atoms with Crippen LogP contribution >= 0.6 is 22.5 Å². The van der Waals surface area contributed by atoms with Crippen molar-refractivity contribution in [1.82, 2.24) is 0 Å². The summed E-state index contributed by atoms with van der Waals surface area (Å²) in [5.74, 6) is 1.07. The van der Waals surface area contributed by atoms with E-state index in [9.17, 15) is 0 Å². The lowest BCUT2D eigenvalue weighted by atomic mass is 10.4. The van der Waals surface area contributed by atoms with Gasteiger partial charge in [-0.3, -0.25) is 0 Å². The van der Waals surface area contributed by atoms with Crippen LogP contribution in [-0.4, -0.2) is 34.4 Å². The molecule has 98 valence electrons. The Morgan fingerprint density at radius 3 is 1.81 bits per heavy atom. The SMILES string of the molecule is CCO[Si](CCCCSS)(OCC)OCC. The van der Waals surface area contributed by atoms with Crippen molar-refractivity contribution < 1.29 is 13.3 Å². The van der Waals surface area contributed by atoms with Crippen molar-refractivity contribution in [1.29, 1.82) is 0 Å². The van der Waals surface area contributed by atoms with Gasteiger partial charge in [-0.1, -0.05) is 10.8 Å². The van der Waals surface area contributed by atoms with Gasteiger partial charge >= 0.3 is 8.80 Å². The van der Waals surface area contributed by atoms with E-state index in [1.807, 2.05) is 20.8 Å². The Morgan fingerprint density at radius 2 is 1.44 bits per heavy atom. The van der Waals surface area contributed by atoms with E-state index >= 15 is 0 Å². The van der Waals surface area contributed by atoms with Crippen LogP contribution in [0.4, 0.5) is 0 Å². The smallest absolute Gasteiger partial charge is 0.374 e. The molecule has 0 atom stereocenters. The summed E-state index contributed by atoms with van der Waals surface area (Å²) in [7, 11) is -0.800. The van der Waals surface area contributed by atoms with Crippen molar-refractivity contribution in [3.05, 3.63) is 0 Å². The van der Waals surface area contributed by atoms with E-state index in [2.05, 4.69) is 11.7 Å². The molecule has 0 aliphatic rings. The molecule has 0 spiro atoms. The summed E-state index contributed by atoms with van der Waals surface area (Å²) < 4.78 is 17.3. The Bertz CT molecular complexity index is 144. The number of hydrogen-bond donors (Lipinski definition) is 1. The third-order valence-corrected chi connectivity index (χ3v) is 6.23. The lowest BCUT2D eigenvalue weighted by Crippen LogP contribution is -2.45. The molecule has 0 aromatic rings. The van der Waals surface area contributed by atoms with Crippen LogP contribution in [0.1, 0.15) is 33.6 Å². The number of rotatable bonds is 11. The summed E-state index contributed by atoms with van der Waals surface area (Å²) in [5, 5.41) is 0. The van der Waals surface area contributed by atoms with E-state index in [0.717, 1.165) is 24.6 Å². The van der Waals surface area contributed by atoms with Crippen molar-refractivity contribution in [2.24, 2.45) is 0 Å². The maximum atomic E-state index is 5.76. The minimum absolute atomic E-state index is 0.660. The van der Waals surface area contributed by atoms with Crippen LogP contribution in [0.5, 0.6) is 0 Å². The average Bonchev–Trinajstić information content (AvgIpc) is 2.26. The van der Waals surface area contributed by atoms with Crippen molar-refractivity contribution in [3.8, 4) is 0 Å². The second kappa shape index (κ2) is 10.9. The number of hydrogen-bond acceptors (Lipinski definition) is 5. The van der Waals surface area contributed by atoms with E-state index in [0.29, 0.717) is 19.8 Å². The molecule has 0 radical (unpaired) electrons. The van der Waals surface area contributed by atoms with Crippen LogP contribution in [0, 0.1) is 0 Å². The highest BCUT2D eigenvalue weighted by Crippen LogP contribution is 2.20. The first-order valence-electron chi connectivity index (χ1n) is 5.92. The third kappa shape index (κ3) is 7.19.